The van der Waals surface area contributed by atoms with Crippen LogP contribution in [0.3, 0.4) is 0 Å². The predicted octanol–water partition coefficient (Wildman–Crippen LogP) is 4.28. The maximum Gasteiger partial charge on any atom is 0.159 e. The van der Waals surface area contributed by atoms with Gasteiger partial charge in [-0.05, 0) is 47.6 Å². The second-order valence-corrected chi connectivity index (χ2v) is 5.45. The highest BCUT2D eigenvalue weighted by molar-refractivity contribution is 5.35. The van der Waals surface area contributed by atoms with E-state index in [1.165, 1.54) is 30.9 Å². The van der Waals surface area contributed by atoms with E-state index < -0.39 is 17.7 Å². The van der Waals surface area contributed by atoms with Crippen LogP contribution in [0.25, 0.3) is 0 Å². The quantitative estimate of drug-likeness (QED) is 0.887. The molecule has 20 heavy (non-hydrogen) atoms. The molecule has 1 aliphatic rings. The van der Waals surface area contributed by atoms with Crippen LogP contribution >= 0.6 is 0 Å². The van der Waals surface area contributed by atoms with Crippen molar-refractivity contribution in [3.63, 3.8) is 0 Å². The van der Waals surface area contributed by atoms with E-state index in [1.807, 2.05) is 12.1 Å². The molecule has 3 heteroatoms. The highest BCUT2D eigenvalue weighted by atomic mass is 19.2. The monoisotopic (exact) mass is 273 g/mol. The summed E-state index contributed by atoms with van der Waals surface area (Å²) in [5, 5.41) is 0. The largest absolute Gasteiger partial charge is 0.320 e. The van der Waals surface area contributed by atoms with Crippen LogP contribution in [-0.4, -0.2) is 0 Å². The molecule has 2 N–H and O–H groups in total. The Labute approximate surface area is 117 Å². The van der Waals surface area contributed by atoms with Gasteiger partial charge in [0.25, 0.3) is 0 Å². The Morgan fingerprint density at radius 3 is 2.35 bits per heavy atom. The molecule has 1 atom stereocenters. The first-order valence-electron chi connectivity index (χ1n) is 6.95. The van der Waals surface area contributed by atoms with Crippen molar-refractivity contribution in [2.45, 2.75) is 31.2 Å². The first kappa shape index (κ1) is 13.3. The molecule has 0 aliphatic heterocycles. The van der Waals surface area contributed by atoms with Crippen LogP contribution in [0.2, 0.25) is 0 Å². The third-order valence-corrected chi connectivity index (χ3v) is 4.15. The standard InChI is InChI=1S/C17H17F2N/c18-15-8-7-14(10-16(15)19)17(20)13-6-2-5-12(9-13)11-3-1-4-11/h2,5-11,17H,1,3-4,20H2. The lowest BCUT2D eigenvalue weighted by Gasteiger charge is -2.26. The molecule has 2 aromatic rings. The molecule has 0 spiro atoms. The number of halogens is 2. The normalized spacial score (nSPS) is 16.8. The van der Waals surface area contributed by atoms with Crippen molar-refractivity contribution in [1.82, 2.24) is 0 Å². The second-order valence-electron chi connectivity index (χ2n) is 5.45. The van der Waals surface area contributed by atoms with E-state index in [4.69, 9.17) is 5.73 Å². The van der Waals surface area contributed by atoms with Gasteiger partial charge in [0.1, 0.15) is 0 Å². The smallest absolute Gasteiger partial charge is 0.159 e. The Morgan fingerprint density at radius 1 is 0.950 bits per heavy atom. The van der Waals surface area contributed by atoms with Crippen LogP contribution in [0, 0.1) is 11.6 Å². The Balaban J connectivity index is 1.89. The fourth-order valence-corrected chi connectivity index (χ4v) is 2.65. The fraction of sp³-hybridized carbons (Fsp3) is 0.294. The van der Waals surface area contributed by atoms with Gasteiger partial charge in [-0.2, -0.15) is 0 Å². The Bertz CT molecular complexity index is 620. The first-order chi connectivity index (χ1) is 9.65. The Hall–Kier alpha value is -1.74. The summed E-state index contributed by atoms with van der Waals surface area (Å²) in [5.41, 5.74) is 9.01. The van der Waals surface area contributed by atoms with Crippen molar-refractivity contribution in [3.05, 3.63) is 70.8 Å². The van der Waals surface area contributed by atoms with Crippen LogP contribution in [0.4, 0.5) is 8.78 Å². The number of benzene rings is 2. The van der Waals surface area contributed by atoms with Crippen LogP contribution in [-0.2, 0) is 0 Å². The van der Waals surface area contributed by atoms with Gasteiger partial charge in [-0.15, -0.1) is 0 Å². The van der Waals surface area contributed by atoms with Crippen molar-refractivity contribution in [3.8, 4) is 0 Å². The lowest BCUT2D eigenvalue weighted by molar-refractivity contribution is 0.419. The second kappa shape index (κ2) is 5.33. The zero-order valence-electron chi connectivity index (χ0n) is 11.2. The van der Waals surface area contributed by atoms with Gasteiger partial charge >= 0.3 is 0 Å². The molecule has 0 saturated heterocycles. The summed E-state index contributed by atoms with van der Waals surface area (Å²) in [5.74, 6) is -1.07. The van der Waals surface area contributed by atoms with E-state index in [2.05, 4.69) is 12.1 Å². The zero-order chi connectivity index (χ0) is 14.1. The molecule has 0 bridgehead atoms. The van der Waals surface area contributed by atoms with Crippen LogP contribution in [0.1, 0.15) is 47.9 Å². The molecule has 1 fully saturated rings. The highest BCUT2D eigenvalue weighted by Crippen LogP contribution is 2.37. The predicted molar refractivity (Wildman–Crippen MR) is 75.4 cm³/mol. The maximum absolute atomic E-state index is 13.3. The van der Waals surface area contributed by atoms with Gasteiger partial charge in [0.05, 0.1) is 6.04 Å². The SMILES string of the molecule is NC(c1cccc(C2CCC2)c1)c1ccc(F)c(F)c1. The molecule has 0 aromatic heterocycles. The van der Waals surface area contributed by atoms with E-state index >= 15 is 0 Å². The molecule has 3 rings (SSSR count). The summed E-state index contributed by atoms with van der Waals surface area (Å²) >= 11 is 0. The third kappa shape index (κ3) is 2.46. The molecule has 0 amide bonds. The van der Waals surface area contributed by atoms with Gasteiger partial charge in [-0.3, -0.25) is 0 Å². The number of nitrogens with two attached hydrogens (primary N) is 1. The molecule has 104 valence electrons. The minimum Gasteiger partial charge on any atom is -0.320 e. The van der Waals surface area contributed by atoms with E-state index in [-0.39, 0.29) is 0 Å². The molecule has 1 aliphatic carbocycles. The third-order valence-electron chi connectivity index (χ3n) is 4.15. The maximum atomic E-state index is 13.3. The van der Waals surface area contributed by atoms with Gasteiger partial charge in [0, 0.05) is 0 Å². The van der Waals surface area contributed by atoms with E-state index in [0.29, 0.717) is 11.5 Å². The fourth-order valence-electron chi connectivity index (χ4n) is 2.65. The van der Waals surface area contributed by atoms with E-state index in [1.54, 1.807) is 6.07 Å². The topological polar surface area (TPSA) is 26.0 Å². The summed E-state index contributed by atoms with van der Waals surface area (Å²) < 4.78 is 26.3. The van der Waals surface area contributed by atoms with E-state index in [9.17, 15) is 8.78 Å². The van der Waals surface area contributed by atoms with Gasteiger partial charge in [0.2, 0.25) is 0 Å². The molecule has 1 saturated carbocycles. The molecule has 0 radical (unpaired) electrons. The lowest BCUT2D eigenvalue weighted by atomic mass is 9.79. The van der Waals surface area contributed by atoms with Crippen LogP contribution in [0.5, 0.6) is 0 Å². The summed E-state index contributed by atoms with van der Waals surface area (Å²) in [7, 11) is 0. The molecular weight excluding hydrogens is 256 g/mol. The lowest BCUT2D eigenvalue weighted by Crippen LogP contribution is -2.14. The minimum atomic E-state index is -0.854. The Morgan fingerprint density at radius 2 is 1.70 bits per heavy atom. The summed E-state index contributed by atoms with van der Waals surface area (Å²) in [6.45, 7) is 0. The van der Waals surface area contributed by atoms with Crippen molar-refractivity contribution >= 4 is 0 Å². The number of hydrogen-bond acceptors (Lipinski definition) is 1. The van der Waals surface area contributed by atoms with Gasteiger partial charge < -0.3 is 5.73 Å². The number of hydrogen-bond donors (Lipinski definition) is 1. The molecule has 2 aromatic carbocycles. The zero-order valence-corrected chi connectivity index (χ0v) is 11.2. The molecular formula is C17H17F2N. The summed E-state index contributed by atoms with van der Waals surface area (Å²) in [4.78, 5) is 0. The minimum absolute atomic E-state index is 0.426. The first-order valence-corrected chi connectivity index (χ1v) is 6.95. The molecule has 1 nitrogen and oxygen atoms in total. The van der Waals surface area contributed by atoms with E-state index in [0.717, 1.165) is 11.6 Å². The van der Waals surface area contributed by atoms with Crippen LogP contribution in [0.15, 0.2) is 42.5 Å². The summed E-state index contributed by atoms with van der Waals surface area (Å²) in [6, 6.07) is 11.6. The van der Waals surface area contributed by atoms with Crippen molar-refractivity contribution in [1.29, 1.82) is 0 Å². The molecule has 1 unspecified atom stereocenters. The average Bonchev–Trinajstić information content (AvgIpc) is 2.39. The molecule has 0 heterocycles. The van der Waals surface area contributed by atoms with Crippen molar-refractivity contribution in [2.75, 3.05) is 0 Å². The average molecular weight is 273 g/mol. The van der Waals surface area contributed by atoms with Crippen molar-refractivity contribution in [2.24, 2.45) is 5.73 Å². The van der Waals surface area contributed by atoms with Crippen LogP contribution < -0.4 is 5.73 Å². The van der Waals surface area contributed by atoms with Gasteiger partial charge in [-0.25, -0.2) is 8.78 Å². The van der Waals surface area contributed by atoms with Gasteiger partial charge in [0.15, 0.2) is 11.6 Å². The summed E-state index contributed by atoms with van der Waals surface area (Å²) in [6.07, 6.45) is 3.73. The van der Waals surface area contributed by atoms with Gasteiger partial charge in [-0.1, -0.05) is 36.8 Å². The van der Waals surface area contributed by atoms with Crippen molar-refractivity contribution < 1.29 is 8.78 Å². The Kier molecular flexibility index (Phi) is 3.53. The number of rotatable bonds is 3. The highest BCUT2D eigenvalue weighted by Gasteiger charge is 2.20.